The van der Waals surface area contributed by atoms with Gasteiger partial charge in [0.15, 0.2) is 10.7 Å². The van der Waals surface area contributed by atoms with Crippen LogP contribution in [0.15, 0.2) is 16.9 Å². The molecular weight excluding hydrogens is 399 g/mol. The molecule has 0 aliphatic rings. The Labute approximate surface area is 152 Å². The Hall–Kier alpha value is -1.98. The molecular formula is C13H9ClF3N5OS2. The molecule has 0 atom stereocenters. The molecule has 25 heavy (non-hydrogen) atoms. The van der Waals surface area contributed by atoms with Crippen molar-refractivity contribution in [2.75, 3.05) is 0 Å². The van der Waals surface area contributed by atoms with Gasteiger partial charge in [-0.3, -0.25) is 4.79 Å². The Balaban J connectivity index is 2.06. The van der Waals surface area contributed by atoms with Crippen LogP contribution in [0.1, 0.15) is 22.0 Å². The smallest absolute Gasteiger partial charge is 0.388 e. The van der Waals surface area contributed by atoms with Gasteiger partial charge in [-0.1, -0.05) is 23.8 Å². The van der Waals surface area contributed by atoms with Gasteiger partial charge >= 0.3 is 6.18 Å². The van der Waals surface area contributed by atoms with Gasteiger partial charge in [0.2, 0.25) is 0 Å². The molecule has 0 fully saturated rings. The molecule has 0 spiro atoms. The number of thiazole rings is 1. The van der Waals surface area contributed by atoms with E-state index in [-0.39, 0.29) is 22.4 Å². The largest absolute Gasteiger partial charge is 0.435 e. The fourth-order valence-corrected chi connectivity index (χ4v) is 3.80. The molecule has 0 amide bonds. The van der Waals surface area contributed by atoms with Crippen LogP contribution >= 0.6 is 35.2 Å². The van der Waals surface area contributed by atoms with Crippen LogP contribution in [0.2, 0.25) is 5.15 Å². The summed E-state index contributed by atoms with van der Waals surface area (Å²) in [5.41, 5.74) is 4.70. The molecule has 3 aromatic rings. The van der Waals surface area contributed by atoms with Gasteiger partial charge < -0.3 is 5.73 Å². The van der Waals surface area contributed by atoms with Gasteiger partial charge in [-0.2, -0.15) is 18.3 Å². The monoisotopic (exact) mass is 407 g/mol. The van der Waals surface area contributed by atoms with Gasteiger partial charge in [-0.15, -0.1) is 11.3 Å². The minimum Gasteiger partial charge on any atom is -0.388 e. The number of rotatable bonds is 3. The van der Waals surface area contributed by atoms with E-state index in [9.17, 15) is 18.0 Å². The molecule has 132 valence electrons. The number of alkyl halides is 3. The summed E-state index contributed by atoms with van der Waals surface area (Å²) in [6.07, 6.45) is -4.61. The van der Waals surface area contributed by atoms with Crippen molar-refractivity contribution >= 4 is 45.1 Å². The molecule has 0 radical (unpaired) electrons. The third-order valence-corrected chi connectivity index (χ3v) is 4.76. The predicted octanol–water partition coefficient (Wildman–Crippen LogP) is 2.62. The summed E-state index contributed by atoms with van der Waals surface area (Å²) in [5, 5.41) is 3.20. The Morgan fingerprint density at radius 1 is 1.44 bits per heavy atom. The van der Waals surface area contributed by atoms with E-state index in [4.69, 9.17) is 29.6 Å². The molecule has 3 rings (SSSR count). The fourth-order valence-electron chi connectivity index (χ4n) is 2.29. The Morgan fingerprint density at radius 2 is 2.12 bits per heavy atom. The molecule has 0 bridgehead atoms. The van der Waals surface area contributed by atoms with Crippen LogP contribution in [-0.2, 0) is 12.7 Å². The van der Waals surface area contributed by atoms with Crippen molar-refractivity contribution in [1.29, 1.82) is 0 Å². The third kappa shape index (κ3) is 3.26. The average molecular weight is 408 g/mol. The first-order chi connectivity index (χ1) is 11.6. The quantitative estimate of drug-likeness (QED) is 0.675. The van der Waals surface area contributed by atoms with E-state index in [1.54, 1.807) is 6.92 Å². The molecule has 0 aromatic carbocycles. The van der Waals surface area contributed by atoms with Crippen molar-refractivity contribution in [3.63, 3.8) is 0 Å². The summed E-state index contributed by atoms with van der Waals surface area (Å²) in [6, 6.07) is 1.90. The standard InChI is InChI=1S/C13H9ClF3N5OS2/c1-5-10(11(18)24)22-9(23)2-6(19-12(22)25-5)4-21-8(14)3-7(20-21)13(15,16)17/h2-3H,4H2,1H3,(H2,18,24). The number of fused-ring (bicyclic) bond motifs is 1. The second kappa shape index (κ2) is 6.07. The maximum Gasteiger partial charge on any atom is 0.435 e. The topological polar surface area (TPSA) is 78.2 Å². The maximum absolute atomic E-state index is 12.7. The van der Waals surface area contributed by atoms with Crippen LogP contribution in [0, 0.1) is 6.92 Å². The van der Waals surface area contributed by atoms with Crippen LogP contribution in [0.3, 0.4) is 0 Å². The molecule has 2 N–H and O–H groups in total. The van der Waals surface area contributed by atoms with Gasteiger partial charge in [0, 0.05) is 17.0 Å². The lowest BCUT2D eigenvalue weighted by Crippen LogP contribution is -2.23. The molecule has 0 saturated carbocycles. The minimum absolute atomic E-state index is 0.0605. The number of halogens is 4. The zero-order valence-electron chi connectivity index (χ0n) is 12.5. The molecule has 12 heteroatoms. The number of aromatic nitrogens is 4. The number of aryl methyl sites for hydroxylation is 1. The van der Waals surface area contributed by atoms with Crippen molar-refractivity contribution in [3.8, 4) is 0 Å². The maximum atomic E-state index is 12.7. The van der Waals surface area contributed by atoms with Crippen LogP contribution in [-0.4, -0.2) is 24.2 Å². The zero-order valence-corrected chi connectivity index (χ0v) is 14.9. The lowest BCUT2D eigenvalue weighted by Gasteiger charge is -2.05. The molecule has 3 heterocycles. The van der Waals surface area contributed by atoms with Crippen LogP contribution in [0.5, 0.6) is 0 Å². The second-order valence-electron chi connectivity index (χ2n) is 5.08. The second-order valence-corrected chi connectivity index (χ2v) is 7.09. The van der Waals surface area contributed by atoms with Gasteiger partial charge in [-0.25, -0.2) is 14.1 Å². The van der Waals surface area contributed by atoms with Gasteiger partial charge in [-0.05, 0) is 6.92 Å². The van der Waals surface area contributed by atoms with Crippen molar-refractivity contribution in [2.24, 2.45) is 5.73 Å². The third-order valence-electron chi connectivity index (χ3n) is 3.31. The summed E-state index contributed by atoms with van der Waals surface area (Å²) in [5.74, 6) is 0. The minimum atomic E-state index is -4.61. The van der Waals surface area contributed by atoms with E-state index < -0.39 is 17.4 Å². The molecule has 3 aromatic heterocycles. The lowest BCUT2D eigenvalue weighted by molar-refractivity contribution is -0.141. The summed E-state index contributed by atoms with van der Waals surface area (Å²) < 4.78 is 40.3. The normalized spacial score (nSPS) is 12.0. The van der Waals surface area contributed by atoms with E-state index in [1.807, 2.05) is 0 Å². The molecule has 0 unspecified atom stereocenters. The van der Waals surface area contributed by atoms with Crippen molar-refractivity contribution in [3.05, 3.63) is 49.6 Å². The highest BCUT2D eigenvalue weighted by atomic mass is 35.5. The van der Waals surface area contributed by atoms with E-state index in [0.717, 1.165) is 4.68 Å². The van der Waals surface area contributed by atoms with Crippen LogP contribution in [0.4, 0.5) is 13.2 Å². The van der Waals surface area contributed by atoms with Crippen molar-refractivity contribution in [1.82, 2.24) is 19.2 Å². The summed E-state index contributed by atoms with van der Waals surface area (Å²) >= 11 is 11.9. The van der Waals surface area contributed by atoms with Gasteiger partial charge in [0.1, 0.15) is 10.1 Å². The molecule has 6 nitrogen and oxygen atoms in total. The molecule has 0 aliphatic carbocycles. The van der Waals surface area contributed by atoms with E-state index in [0.29, 0.717) is 21.6 Å². The number of hydrogen-bond acceptors (Lipinski definition) is 5. The highest BCUT2D eigenvalue weighted by Gasteiger charge is 2.34. The van der Waals surface area contributed by atoms with E-state index in [1.165, 1.54) is 21.8 Å². The van der Waals surface area contributed by atoms with Crippen molar-refractivity contribution in [2.45, 2.75) is 19.6 Å². The highest BCUT2D eigenvalue weighted by molar-refractivity contribution is 7.80. The Kier molecular flexibility index (Phi) is 4.33. The number of nitrogens with zero attached hydrogens (tertiary/aromatic N) is 4. The summed E-state index contributed by atoms with van der Waals surface area (Å²) in [4.78, 5) is 17.7. The number of nitrogens with two attached hydrogens (primary N) is 1. The molecule has 0 aliphatic heterocycles. The van der Waals surface area contributed by atoms with Crippen LogP contribution in [0.25, 0.3) is 4.96 Å². The lowest BCUT2D eigenvalue weighted by atomic mass is 10.3. The van der Waals surface area contributed by atoms with E-state index >= 15 is 0 Å². The molecule has 0 saturated heterocycles. The van der Waals surface area contributed by atoms with E-state index in [2.05, 4.69) is 10.1 Å². The zero-order chi connectivity index (χ0) is 18.5. The first-order valence-corrected chi connectivity index (χ1v) is 8.30. The Bertz CT molecular complexity index is 1050. The van der Waals surface area contributed by atoms with Gasteiger partial charge in [0.25, 0.3) is 5.56 Å². The highest BCUT2D eigenvalue weighted by Crippen LogP contribution is 2.30. The Morgan fingerprint density at radius 3 is 2.68 bits per heavy atom. The first-order valence-electron chi connectivity index (χ1n) is 6.70. The number of hydrogen-bond donors (Lipinski definition) is 1. The fraction of sp³-hybridized carbons (Fsp3) is 0.231. The summed E-state index contributed by atoms with van der Waals surface area (Å²) in [7, 11) is 0. The summed E-state index contributed by atoms with van der Waals surface area (Å²) in [6.45, 7) is 1.56. The SMILES string of the molecule is Cc1sc2nc(Cn3nc(C(F)(F)F)cc3Cl)cc(=O)n2c1C(N)=S. The predicted molar refractivity (Wildman–Crippen MR) is 91.3 cm³/mol. The van der Waals surface area contributed by atoms with Gasteiger partial charge in [0.05, 0.1) is 17.9 Å². The first kappa shape index (κ1) is 17.8. The number of thiocarbonyl (C=S) groups is 1. The van der Waals surface area contributed by atoms with Crippen LogP contribution < -0.4 is 11.3 Å². The average Bonchev–Trinajstić information content (AvgIpc) is 2.99. The van der Waals surface area contributed by atoms with Crippen molar-refractivity contribution < 1.29 is 13.2 Å².